The Hall–Kier alpha value is -1.84. The number of rotatable bonds is 0. The molecule has 12 heavy (non-hydrogen) atoms. The van der Waals surface area contributed by atoms with Crippen molar-refractivity contribution in [3.63, 3.8) is 0 Å². The maximum atomic E-state index is 9.34. The second-order valence-electron chi connectivity index (χ2n) is 2.44. The van der Waals surface area contributed by atoms with E-state index < -0.39 is 0 Å². The molecule has 0 saturated carbocycles. The average molecular weight is 161 g/mol. The number of benzene rings is 1. The number of fused-ring (bicyclic) bond motifs is 1. The van der Waals surface area contributed by atoms with Crippen LogP contribution in [-0.2, 0) is 0 Å². The SMILES string of the molecule is Nc1cnc2cccc(O)c2n1. The first kappa shape index (κ1) is 6.84. The molecule has 0 spiro atoms. The van der Waals surface area contributed by atoms with Crippen LogP contribution in [0.5, 0.6) is 5.75 Å². The largest absolute Gasteiger partial charge is 0.506 e. The number of phenols is 1. The van der Waals surface area contributed by atoms with Gasteiger partial charge >= 0.3 is 0 Å². The van der Waals surface area contributed by atoms with Crippen LogP contribution in [0.25, 0.3) is 11.0 Å². The third kappa shape index (κ3) is 0.934. The molecule has 60 valence electrons. The molecule has 4 nitrogen and oxygen atoms in total. The summed E-state index contributed by atoms with van der Waals surface area (Å²) in [6.45, 7) is 0. The summed E-state index contributed by atoms with van der Waals surface area (Å²) < 4.78 is 0. The molecule has 1 aromatic heterocycles. The van der Waals surface area contributed by atoms with Crippen molar-refractivity contribution >= 4 is 16.9 Å². The normalized spacial score (nSPS) is 10.3. The summed E-state index contributed by atoms with van der Waals surface area (Å²) >= 11 is 0. The van der Waals surface area contributed by atoms with Gasteiger partial charge in [0.15, 0.2) is 0 Å². The van der Waals surface area contributed by atoms with Gasteiger partial charge in [0.1, 0.15) is 17.1 Å². The van der Waals surface area contributed by atoms with Crippen LogP contribution in [0.2, 0.25) is 0 Å². The number of anilines is 1. The zero-order chi connectivity index (χ0) is 8.55. The van der Waals surface area contributed by atoms with Gasteiger partial charge in [0.2, 0.25) is 0 Å². The summed E-state index contributed by atoms with van der Waals surface area (Å²) in [7, 11) is 0. The summed E-state index contributed by atoms with van der Waals surface area (Å²) in [5, 5.41) is 9.34. The quantitative estimate of drug-likeness (QED) is 0.602. The van der Waals surface area contributed by atoms with Gasteiger partial charge in [-0.05, 0) is 12.1 Å². The van der Waals surface area contributed by atoms with Crippen molar-refractivity contribution in [1.82, 2.24) is 9.97 Å². The van der Waals surface area contributed by atoms with E-state index in [0.717, 1.165) is 0 Å². The highest BCUT2D eigenvalue weighted by atomic mass is 16.3. The Kier molecular flexibility index (Phi) is 1.33. The van der Waals surface area contributed by atoms with Gasteiger partial charge < -0.3 is 10.8 Å². The number of hydrogen-bond donors (Lipinski definition) is 2. The molecule has 3 N–H and O–H groups in total. The molecule has 0 bridgehead atoms. The molecule has 0 saturated heterocycles. The predicted molar refractivity (Wildman–Crippen MR) is 45.6 cm³/mol. The zero-order valence-electron chi connectivity index (χ0n) is 6.23. The molecule has 0 unspecified atom stereocenters. The Morgan fingerprint density at radius 1 is 1.33 bits per heavy atom. The number of nitrogens with two attached hydrogens (primary N) is 1. The van der Waals surface area contributed by atoms with E-state index in [9.17, 15) is 5.11 Å². The van der Waals surface area contributed by atoms with Gasteiger partial charge in [-0.25, -0.2) is 4.98 Å². The van der Waals surface area contributed by atoms with Crippen LogP contribution in [0, 0.1) is 0 Å². The second-order valence-corrected chi connectivity index (χ2v) is 2.44. The predicted octanol–water partition coefficient (Wildman–Crippen LogP) is 0.918. The van der Waals surface area contributed by atoms with Crippen LogP contribution in [-0.4, -0.2) is 15.1 Å². The number of phenolic OH excluding ortho intramolecular Hbond substituents is 1. The van der Waals surface area contributed by atoms with E-state index in [1.54, 1.807) is 18.2 Å². The number of nitrogens with zero attached hydrogens (tertiary/aromatic N) is 2. The van der Waals surface area contributed by atoms with Gasteiger partial charge in [-0.3, -0.25) is 4.98 Å². The third-order valence-corrected chi connectivity index (χ3v) is 1.57. The lowest BCUT2D eigenvalue weighted by atomic mass is 10.3. The molecular formula is C8H7N3O. The number of para-hydroxylation sites is 1. The molecule has 0 fully saturated rings. The molecule has 0 aliphatic heterocycles. The highest BCUT2D eigenvalue weighted by Crippen LogP contribution is 2.20. The number of nitrogen functional groups attached to an aromatic ring is 1. The van der Waals surface area contributed by atoms with E-state index >= 15 is 0 Å². The van der Waals surface area contributed by atoms with Crippen LogP contribution in [0.3, 0.4) is 0 Å². The smallest absolute Gasteiger partial charge is 0.143 e. The Bertz CT molecular complexity index is 428. The van der Waals surface area contributed by atoms with Crippen molar-refractivity contribution < 1.29 is 5.11 Å². The van der Waals surface area contributed by atoms with Gasteiger partial charge in [-0.1, -0.05) is 6.07 Å². The summed E-state index contributed by atoms with van der Waals surface area (Å²) in [5.41, 5.74) is 6.49. The molecule has 2 aromatic rings. The van der Waals surface area contributed by atoms with Crippen LogP contribution in [0.4, 0.5) is 5.82 Å². The second kappa shape index (κ2) is 2.34. The molecule has 0 aliphatic carbocycles. The fourth-order valence-corrected chi connectivity index (χ4v) is 1.03. The molecule has 0 aliphatic rings. The van der Waals surface area contributed by atoms with Gasteiger partial charge in [0.25, 0.3) is 0 Å². The van der Waals surface area contributed by atoms with Crippen LogP contribution in [0.1, 0.15) is 0 Å². The van der Waals surface area contributed by atoms with E-state index in [4.69, 9.17) is 5.73 Å². The number of aromatic nitrogens is 2. The molecular weight excluding hydrogens is 154 g/mol. The lowest BCUT2D eigenvalue weighted by molar-refractivity contribution is 0.480. The van der Waals surface area contributed by atoms with E-state index in [2.05, 4.69) is 9.97 Å². The van der Waals surface area contributed by atoms with Crippen molar-refractivity contribution in [1.29, 1.82) is 0 Å². The van der Waals surface area contributed by atoms with E-state index in [0.29, 0.717) is 16.9 Å². The maximum absolute atomic E-state index is 9.34. The molecule has 0 radical (unpaired) electrons. The first-order valence-corrected chi connectivity index (χ1v) is 3.47. The first-order chi connectivity index (χ1) is 5.77. The standard InChI is InChI=1S/C8H7N3O/c9-7-4-10-5-2-1-3-6(12)8(5)11-7/h1-4,12H,(H2,9,11). The Morgan fingerprint density at radius 3 is 3.00 bits per heavy atom. The van der Waals surface area contributed by atoms with E-state index in [1.165, 1.54) is 6.20 Å². The van der Waals surface area contributed by atoms with Crippen LogP contribution < -0.4 is 5.73 Å². The summed E-state index contributed by atoms with van der Waals surface area (Å²) in [4.78, 5) is 7.93. The zero-order valence-corrected chi connectivity index (χ0v) is 6.23. The number of aromatic hydroxyl groups is 1. The Labute approximate surface area is 68.7 Å². The van der Waals surface area contributed by atoms with Crippen LogP contribution >= 0.6 is 0 Å². The molecule has 1 aromatic carbocycles. The average Bonchev–Trinajstić information content (AvgIpc) is 2.07. The van der Waals surface area contributed by atoms with Crippen molar-refractivity contribution in [3.05, 3.63) is 24.4 Å². The monoisotopic (exact) mass is 161 g/mol. The molecule has 4 heteroatoms. The molecule has 1 heterocycles. The van der Waals surface area contributed by atoms with Crippen molar-refractivity contribution in [2.75, 3.05) is 5.73 Å². The topological polar surface area (TPSA) is 72.0 Å². The van der Waals surface area contributed by atoms with Gasteiger partial charge in [0, 0.05) is 0 Å². The third-order valence-electron chi connectivity index (χ3n) is 1.57. The molecule has 0 amide bonds. The fraction of sp³-hybridized carbons (Fsp3) is 0. The lowest BCUT2D eigenvalue weighted by Crippen LogP contribution is -1.92. The van der Waals surface area contributed by atoms with E-state index in [-0.39, 0.29) is 5.75 Å². The fourth-order valence-electron chi connectivity index (χ4n) is 1.03. The van der Waals surface area contributed by atoms with Crippen molar-refractivity contribution in [2.24, 2.45) is 0 Å². The minimum absolute atomic E-state index is 0.104. The highest BCUT2D eigenvalue weighted by molar-refractivity contribution is 5.81. The summed E-state index contributed by atoms with van der Waals surface area (Å²) in [6.07, 6.45) is 1.46. The first-order valence-electron chi connectivity index (χ1n) is 3.47. The molecule has 2 rings (SSSR count). The number of hydrogen-bond acceptors (Lipinski definition) is 4. The van der Waals surface area contributed by atoms with Gasteiger partial charge in [-0.15, -0.1) is 0 Å². The lowest BCUT2D eigenvalue weighted by Gasteiger charge is -1.98. The van der Waals surface area contributed by atoms with Gasteiger partial charge in [-0.2, -0.15) is 0 Å². The van der Waals surface area contributed by atoms with Gasteiger partial charge in [0.05, 0.1) is 11.7 Å². The van der Waals surface area contributed by atoms with Crippen molar-refractivity contribution in [2.45, 2.75) is 0 Å². The summed E-state index contributed by atoms with van der Waals surface area (Å²) in [6, 6.07) is 5.03. The van der Waals surface area contributed by atoms with E-state index in [1.807, 2.05) is 0 Å². The highest BCUT2D eigenvalue weighted by Gasteiger charge is 2.00. The molecule has 0 atom stereocenters. The maximum Gasteiger partial charge on any atom is 0.143 e. The minimum Gasteiger partial charge on any atom is -0.506 e. The van der Waals surface area contributed by atoms with Crippen LogP contribution in [0.15, 0.2) is 24.4 Å². The summed E-state index contributed by atoms with van der Waals surface area (Å²) in [5.74, 6) is 0.413. The minimum atomic E-state index is 0.104. The Balaban J connectivity index is 2.88. The Morgan fingerprint density at radius 2 is 2.17 bits per heavy atom. The van der Waals surface area contributed by atoms with Crippen molar-refractivity contribution in [3.8, 4) is 5.75 Å².